The van der Waals surface area contributed by atoms with Gasteiger partial charge in [0.15, 0.2) is 0 Å². The third kappa shape index (κ3) is 3.10. The van der Waals surface area contributed by atoms with Crippen LogP contribution in [0.4, 0.5) is 4.39 Å². The first-order valence-electron chi connectivity index (χ1n) is 5.39. The number of rotatable bonds is 5. The molecule has 0 N–H and O–H groups in total. The molecule has 5 heteroatoms. The summed E-state index contributed by atoms with van der Waals surface area (Å²) in [6, 6.07) is 6.51. The fraction of sp³-hybridized carbons (Fsp3) is 0.333. The van der Waals surface area contributed by atoms with Gasteiger partial charge in [0.05, 0.1) is 6.61 Å². The zero-order chi connectivity index (χ0) is 12.1. The van der Waals surface area contributed by atoms with Gasteiger partial charge in [0.1, 0.15) is 18.0 Å². The van der Waals surface area contributed by atoms with E-state index in [2.05, 4.69) is 10.2 Å². The molecular formula is C12H14FN3O. The lowest BCUT2D eigenvalue weighted by Gasteiger charge is -2.05. The molecule has 0 bridgehead atoms. The van der Waals surface area contributed by atoms with Crippen molar-refractivity contribution >= 4 is 0 Å². The number of hydrogen-bond acceptors (Lipinski definition) is 3. The van der Waals surface area contributed by atoms with Gasteiger partial charge in [-0.1, -0.05) is 12.1 Å². The van der Waals surface area contributed by atoms with E-state index in [1.165, 1.54) is 12.1 Å². The maximum absolute atomic E-state index is 13.0. The highest BCUT2D eigenvalue weighted by Crippen LogP contribution is 2.09. The van der Waals surface area contributed by atoms with Gasteiger partial charge >= 0.3 is 0 Å². The van der Waals surface area contributed by atoms with Crippen molar-refractivity contribution < 1.29 is 9.13 Å². The summed E-state index contributed by atoms with van der Waals surface area (Å²) in [7, 11) is 1.65. The smallest absolute Gasteiger partial charge is 0.137 e. The molecule has 0 saturated carbocycles. The Balaban J connectivity index is 2.10. The van der Waals surface area contributed by atoms with E-state index >= 15 is 0 Å². The zero-order valence-electron chi connectivity index (χ0n) is 9.64. The van der Waals surface area contributed by atoms with E-state index in [0.29, 0.717) is 19.6 Å². The summed E-state index contributed by atoms with van der Waals surface area (Å²) in [5.41, 5.74) is 0.886. The molecule has 0 amide bonds. The van der Waals surface area contributed by atoms with Gasteiger partial charge in [-0.25, -0.2) is 4.39 Å². The molecule has 0 radical (unpaired) electrons. The van der Waals surface area contributed by atoms with Crippen LogP contribution in [-0.2, 0) is 17.7 Å². The molecule has 0 saturated heterocycles. The number of benzene rings is 1. The van der Waals surface area contributed by atoms with Crippen LogP contribution in [-0.4, -0.2) is 28.5 Å². The van der Waals surface area contributed by atoms with Crippen LogP contribution in [0.2, 0.25) is 0 Å². The lowest BCUT2D eigenvalue weighted by atomic mass is 10.1. The van der Waals surface area contributed by atoms with E-state index in [1.807, 2.05) is 10.6 Å². The van der Waals surface area contributed by atoms with E-state index in [1.54, 1.807) is 19.5 Å². The average Bonchev–Trinajstić information content (AvgIpc) is 2.74. The maximum atomic E-state index is 13.0. The Labute approximate surface area is 99.1 Å². The molecule has 90 valence electrons. The van der Waals surface area contributed by atoms with Gasteiger partial charge in [0, 0.05) is 20.1 Å². The summed E-state index contributed by atoms with van der Waals surface area (Å²) in [6.07, 6.45) is 2.23. The van der Waals surface area contributed by atoms with Crippen LogP contribution in [0.3, 0.4) is 0 Å². The largest absolute Gasteiger partial charge is 0.383 e. The summed E-state index contributed by atoms with van der Waals surface area (Å²) in [4.78, 5) is 0. The van der Waals surface area contributed by atoms with Crippen LogP contribution < -0.4 is 0 Å². The standard InChI is InChI=1S/C12H14FN3O/c1-17-6-5-16-9-14-15-12(16)8-10-3-2-4-11(13)7-10/h2-4,7,9H,5-6,8H2,1H3. The molecule has 1 aromatic carbocycles. The Hall–Kier alpha value is -1.75. The van der Waals surface area contributed by atoms with Gasteiger partial charge in [-0.05, 0) is 17.7 Å². The van der Waals surface area contributed by atoms with Gasteiger partial charge < -0.3 is 9.30 Å². The summed E-state index contributed by atoms with van der Waals surface area (Å²) in [5.74, 6) is 0.582. The molecule has 0 unspecified atom stereocenters. The number of methoxy groups -OCH3 is 1. The average molecular weight is 235 g/mol. The molecular weight excluding hydrogens is 221 g/mol. The third-order valence-electron chi connectivity index (χ3n) is 2.48. The molecule has 0 aliphatic carbocycles. The second-order valence-electron chi connectivity index (χ2n) is 3.74. The summed E-state index contributed by atoms with van der Waals surface area (Å²) < 4.78 is 20.0. The molecule has 17 heavy (non-hydrogen) atoms. The first-order chi connectivity index (χ1) is 8.29. The fourth-order valence-corrected chi connectivity index (χ4v) is 1.62. The Kier molecular flexibility index (Phi) is 3.82. The van der Waals surface area contributed by atoms with Gasteiger partial charge in [-0.3, -0.25) is 0 Å². The van der Waals surface area contributed by atoms with Crippen LogP contribution in [0.15, 0.2) is 30.6 Å². The van der Waals surface area contributed by atoms with Gasteiger partial charge in [0.2, 0.25) is 0 Å². The van der Waals surface area contributed by atoms with E-state index in [0.717, 1.165) is 11.4 Å². The van der Waals surface area contributed by atoms with E-state index in [9.17, 15) is 4.39 Å². The molecule has 0 atom stereocenters. The van der Waals surface area contributed by atoms with Crippen LogP contribution in [0.5, 0.6) is 0 Å². The summed E-state index contributed by atoms with van der Waals surface area (Å²) >= 11 is 0. The van der Waals surface area contributed by atoms with Gasteiger partial charge in [-0.2, -0.15) is 0 Å². The van der Waals surface area contributed by atoms with Crippen molar-refractivity contribution in [2.24, 2.45) is 0 Å². The first kappa shape index (κ1) is 11.7. The highest BCUT2D eigenvalue weighted by molar-refractivity contribution is 5.19. The lowest BCUT2D eigenvalue weighted by Crippen LogP contribution is -2.08. The quantitative estimate of drug-likeness (QED) is 0.791. The van der Waals surface area contributed by atoms with Crippen molar-refractivity contribution in [3.63, 3.8) is 0 Å². The molecule has 0 spiro atoms. The predicted molar refractivity (Wildman–Crippen MR) is 61.1 cm³/mol. The summed E-state index contributed by atoms with van der Waals surface area (Å²) in [6.45, 7) is 1.31. The number of halogens is 1. The Morgan fingerprint density at radius 2 is 2.29 bits per heavy atom. The Bertz CT molecular complexity index is 484. The molecule has 0 fully saturated rings. The van der Waals surface area contributed by atoms with Crippen molar-refractivity contribution in [2.75, 3.05) is 13.7 Å². The van der Waals surface area contributed by atoms with Crippen LogP contribution in [0, 0.1) is 5.82 Å². The SMILES string of the molecule is COCCn1cnnc1Cc1cccc(F)c1. The molecule has 1 heterocycles. The third-order valence-corrected chi connectivity index (χ3v) is 2.48. The zero-order valence-corrected chi connectivity index (χ0v) is 9.64. The van der Waals surface area contributed by atoms with E-state index in [4.69, 9.17) is 4.74 Å². The van der Waals surface area contributed by atoms with Crippen molar-refractivity contribution in [3.8, 4) is 0 Å². The van der Waals surface area contributed by atoms with E-state index < -0.39 is 0 Å². The predicted octanol–water partition coefficient (Wildman–Crippen LogP) is 1.65. The van der Waals surface area contributed by atoms with Crippen LogP contribution >= 0.6 is 0 Å². The van der Waals surface area contributed by atoms with E-state index in [-0.39, 0.29) is 5.82 Å². The number of hydrogen-bond donors (Lipinski definition) is 0. The van der Waals surface area contributed by atoms with Crippen LogP contribution in [0.1, 0.15) is 11.4 Å². The topological polar surface area (TPSA) is 39.9 Å². The Morgan fingerprint density at radius 1 is 1.41 bits per heavy atom. The monoisotopic (exact) mass is 235 g/mol. The van der Waals surface area contributed by atoms with Crippen molar-refractivity contribution in [2.45, 2.75) is 13.0 Å². The molecule has 4 nitrogen and oxygen atoms in total. The number of nitrogens with zero attached hydrogens (tertiary/aromatic N) is 3. The molecule has 2 aromatic rings. The van der Waals surface area contributed by atoms with Gasteiger partial charge in [-0.15, -0.1) is 10.2 Å². The minimum Gasteiger partial charge on any atom is -0.383 e. The molecule has 0 aliphatic rings. The maximum Gasteiger partial charge on any atom is 0.137 e. The first-order valence-corrected chi connectivity index (χ1v) is 5.39. The normalized spacial score (nSPS) is 10.7. The second kappa shape index (κ2) is 5.54. The van der Waals surface area contributed by atoms with Gasteiger partial charge in [0.25, 0.3) is 0 Å². The van der Waals surface area contributed by atoms with Crippen molar-refractivity contribution in [3.05, 3.63) is 47.8 Å². The number of aromatic nitrogens is 3. The highest BCUT2D eigenvalue weighted by atomic mass is 19.1. The molecule has 0 aliphatic heterocycles. The minimum atomic E-state index is -0.231. The molecule has 1 aromatic heterocycles. The van der Waals surface area contributed by atoms with Crippen LogP contribution in [0.25, 0.3) is 0 Å². The van der Waals surface area contributed by atoms with Crippen molar-refractivity contribution in [1.82, 2.24) is 14.8 Å². The fourth-order valence-electron chi connectivity index (χ4n) is 1.62. The van der Waals surface area contributed by atoms with Crippen molar-refractivity contribution in [1.29, 1.82) is 0 Å². The molecule has 2 rings (SSSR count). The number of ether oxygens (including phenoxy) is 1. The summed E-state index contributed by atoms with van der Waals surface area (Å²) in [5, 5.41) is 7.89. The highest BCUT2D eigenvalue weighted by Gasteiger charge is 2.05. The lowest BCUT2D eigenvalue weighted by molar-refractivity contribution is 0.186. The minimum absolute atomic E-state index is 0.231. The second-order valence-corrected chi connectivity index (χ2v) is 3.74. The Morgan fingerprint density at radius 3 is 3.06 bits per heavy atom.